The Morgan fingerprint density at radius 2 is 2.50 bits per heavy atom. The summed E-state index contributed by atoms with van der Waals surface area (Å²) in [6.07, 6.45) is 2.20. The van der Waals surface area contributed by atoms with Crippen LogP contribution in [0.2, 0.25) is 0 Å². The second-order valence-corrected chi connectivity index (χ2v) is 3.17. The first kappa shape index (κ1) is 6.34. The molecular formula is C4H8OSn. The molecule has 0 fully saturated rings. The van der Waals surface area contributed by atoms with Crippen molar-refractivity contribution >= 4 is 22.5 Å². The summed E-state index contributed by atoms with van der Waals surface area (Å²) in [5.41, 5.74) is 0. The van der Waals surface area contributed by atoms with Crippen molar-refractivity contribution < 1.29 is 5.11 Å². The molecule has 34 valence electrons. The third kappa shape index (κ3) is 2.57. The van der Waals surface area contributed by atoms with E-state index in [0.717, 1.165) is 32.5 Å². The van der Waals surface area contributed by atoms with Gasteiger partial charge in [0.05, 0.1) is 0 Å². The van der Waals surface area contributed by atoms with Gasteiger partial charge in [-0.15, -0.1) is 0 Å². The zero-order valence-corrected chi connectivity index (χ0v) is 7.10. The summed E-state index contributed by atoms with van der Waals surface area (Å²) in [4.78, 5) is 0. The molecule has 0 spiro atoms. The van der Waals surface area contributed by atoms with Crippen molar-refractivity contribution in [1.29, 1.82) is 0 Å². The Morgan fingerprint density at radius 3 is 2.50 bits per heavy atom. The maximum atomic E-state index is 8.21. The molecule has 0 unspecified atom stereocenters. The van der Waals surface area contributed by atoms with Crippen molar-refractivity contribution in [3.8, 4) is 0 Å². The van der Waals surface area contributed by atoms with Crippen LogP contribution in [0.15, 0.2) is 9.85 Å². The van der Waals surface area contributed by atoms with Crippen molar-refractivity contribution in [3.05, 3.63) is 9.85 Å². The van der Waals surface area contributed by atoms with Gasteiger partial charge in [-0.05, 0) is 0 Å². The van der Waals surface area contributed by atoms with Crippen LogP contribution in [-0.4, -0.2) is 27.6 Å². The third-order valence-electron chi connectivity index (χ3n) is 0.574. The molecule has 0 heterocycles. The molecule has 0 aliphatic carbocycles. The Labute approximate surface area is 51.1 Å². The molecule has 0 aliphatic rings. The van der Waals surface area contributed by atoms with Gasteiger partial charge in [-0.2, -0.15) is 0 Å². The van der Waals surface area contributed by atoms with Crippen LogP contribution in [-0.2, 0) is 0 Å². The van der Waals surface area contributed by atoms with E-state index in [-0.39, 0.29) is 0 Å². The Morgan fingerprint density at radius 1 is 2.00 bits per heavy atom. The zero-order chi connectivity index (χ0) is 4.99. The average Bonchev–Trinajstić information content (AvgIpc) is 1.65. The Bertz CT molecular complexity index is 58.6. The monoisotopic (exact) mass is 192 g/mol. The van der Waals surface area contributed by atoms with Crippen molar-refractivity contribution in [3.63, 3.8) is 0 Å². The van der Waals surface area contributed by atoms with Gasteiger partial charge in [-0.3, -0.25) is 0 Å². The third-order valence-corrected chi connectivity index (χ3v) is 2.16. The Kier molecular flexibility index (Phi) is 3.73. The fourth-order valence-corrected chi connectivity index (χ4v) is 0.0913. The zero-order valence-electron chi connectivity index (χ0n) is 3.81. The van der Waals surface area contributed by atoms with Gasteiger partial charge >= 0.3 is 50.8 Å². The number of rotatable bonds is 1. The molecule has 0 aromatic carbocycles. The van der Waals surface area contributed by atoms with Crippen LogP contribution in [0.25, 0.3) is 0 Å². The number of hydrogen-bond acceptors (Lipinski definition) is 1. The molecule has 1 nitrogen and oxygen atoms in total. The van der Waals surface area contributed by atoms with E-state index in [2.05, 4.69) is 0 Å². The van der Waals surface area contributed by atoms with Gasteiger partial charge in [0.15, 0.2) is 0 Å². The summed E-state index contributed by atoms with van der Waals surface area (Å²) < 4.78 is 1.15. The van der Waals surface area contributed by atoms with Crippen LogP contribution in [0.1, 0.15) is 13.3 Å². The van der Waals surface area contributed by atoms with Gasteiger partial charge in [0.25, 0.3) is 0 Å². The number of aliphatic hydroxyl groups excluding tert-OH is 1. The maximum absolute atomic E-state index is 8.21. The van der Waals surface area contributed by atoms with E-state index in [1.54, 1.807) is 0 Å². The molecule has 0 saturated heterocycles. The molecule has 1 N–H and O–H groups in total. The van der Waals surface area contributed by atoms with E-state index in [1.165, 1.54) is 6.26 Å². The molecule has 2 heteroatoms. The van der Waals surface area contributed by atoms with Gasteiger partial charge in [-0.1, -0.05) is 0 Å². The van der Waals surface area contributed by atoms with E-state index in [1.807, 2.05) is 6.92 Å². The van der Waals surface area contributed by atoms with Crippen LogP contribution in [0.5, 0.6) is 0 Å². The van der Waals surface area contributed by atoms with Crippen molar-refractivity contribution in [1.82, 2.24) is 0 Å². The van der Waals surface area contributed by atoms with E-state index in [4.69, 9.17) is 5.11 Å². The molecule has 2 radical (unpaired) electrons. The molecule has 0 saturated carbocycles. The van der Waals surface area contributed by atoms with Gasteiger partial charge in [0, 0.05) is 0 Å². The summed E-state index contributed by atoms with van der Waals surface area (Å²) in [7, 11) is 0. The topological polar surface area (TPSA) is 20.2 Å². The van der Waals surface area contributed by atoms with Gasteiger partial charge in [0.1, 0.15) is 0 Å². The fourth-order valence-electron chi connectivity index (χ4n) is 0.0913. The predicted octanol–water partition coefficient (Wildman–Crippen LogP) is 0.697. The van der Waals surface area contributed by atoms with E-state index in [9.17, 15) is 0 Å². The first-order valence-electron chi connectivity index (χ1n) is 1.90. The summed E-state index contributed by atoms with van der Waals surface area (Å²) in [5.74, 6) is 0. The van der Waals surface area contributed by atoms with Gasteiger partial charge < -0.3 is 0 Å². The second-order valence-electron chi connectivity index (χ2n) is 1.06. The first-order chi connectivity index (χ1) is 2.81. The quantitative estimate of drug-likeness (QED) is 0.477. The number of aliphatic hydroxyl groups is 1. The van der Waals surface area contributed by atoms with E-state index < -0.39 is 0 Å². The molecule has 0 aromatic heterocycles. The van der Waals surface area contributed by atoms with Crippen LogP contribution >= 0.6 is 0 Å². The van der Waals surface area contributed by atoms with E-state index >= 15 is 0 Å². The summed E-state index contributed by atoms with van der Waals surface area (Å²) in [6.45, 7) is 2.03. The fraction of sp³-hybridized carbons (Fsp3) is 0.500. The predicted molar refractivity (Wildman–Crippen MR) is 28.2 cm³/mol. The normalized spacial score (nSPS) is 12.0. The molecule has 0 aliphatic heterocycles. The van der Waals surface area contributed by atoms with Crippen LogP contribution < -0.4 is 0 Å². The number of hydrogen-bond donors (Lipinski definition) is 1. The van der Waals surface area contributed by atoms with E-state index in [0.29, 0.717) is 0 Å². The molecule has 0 amide bonds. The molecule has 0 rings (SSSR count). The van der Waals surface area contributed by atoms with Crippen LogP contribution in [0.3, 0.4) is 0 Å². The van der Waals surface area contributed by atoms with Gasteiger partial charge in [-0.25, -0.2) is 0 Å². The minimum absolute atomic E-state index is 0.999. The molecular weight excluding hydrogens is 183 g/mol. The molecule has 0 bridgehead atoms. The standard InChI is InChI=1S/C4H7O.Sn.H/c1-2-3-4-5;;/h4-5H,2H2,1H3;;. The van der Waals surface area contributed by atoms with Crippen molar-refractivity contribution in [2.45, 2.75) is 13.3 Å². The number of allylic oxidation sites excluding steroid dienone is 1. The average molecular weight is 191 g/mol. The molecule has 0 aromatic rings. The second kappa shape index (κ2) is 3.53. The molecule has 0 atom stereocenters. The molecule has 6 heavy (non-hydrogen) atoms. The Balaban J connectivity index is 3.22. The van der Waals surface area contributed by atoms with Crippen LogP contribution in [0, 0.1) is 0 Å². The summed E-state index contributed by atoms with van der Waals surface area (Å²) >= 11 is 1.06. The summed E-state index contributed by atoms with van der Waals surface area (Å²) in [6, 6.07) is 0. The van der Waals surface area contributed by atoms with Crippen molar-refractivity contribution in [2.75, 3.05) is 0 Å². The van der Waals surface area contributed by atoms with Crippen molar-refractivity contribution in [2.24, 2.45) is 0 Å². The van der Waals surface area contributed by atoms with Gasteiger partial charge in [0.2, 0.25) is 0 Å². The minimum atomic E-state index is 0.999. The Hall–Kier alpha value is 0.339. The SMILES string of the molecule is CC[C]([SnH])=CO. The van der Waals surface area contributed by atoms with Crippen LogP contribution in [0.4, 0.5) is 0 Å². The summed E-state index contributed by atoms with van der Waals surface area (Å²) in [5, 5.41) is 8.21. The first-order valence-corrected chi connectivity index (χ1v) is 3.54.